The summed E-state index contributed by atoms with van der Waals surface area (Å²) in [7, 11) is 0. The summed E-state index contributed by atoms with van der Waals surface area (Å²) in [5.41, 5.74) is 4.14. The summed E-state index contributed by atoms with van der Waals surface area (Å²) in [4.78, 5) is 4.79. The number of rotatable bonds is 12. The molecule has 0 fully saturated rings. The number of aryl methyl sites for hydroxylation is 1. The van der Waals surface area contributed by atoms with Crippen LogP contribution in [0, 0.1) is 0 Å². The average molecular weight is 430 g/mol. The van der Waals surface area contributed by atoms with Gasteiger partial charge in [0.25, 0.3) is 0 Å². The van der Waals surface area contributed by atoms with Crippen LogP contribution in [0.2, 0.25) is 0 Å². The molecule has 4 aromatic rings. The monoisotopic (exact) mass is 429 g/mol. The summed E-state index contributed by atoms with van der Waals surface area (Å²) in [6.45, 7) is 5.26. The lowest BCUT2D eigenvalue weighted by atomic mass is 10.1. The van der Waals surface area contributed by atoms with Gasteiger partial charge < -0.3 is 9.15 Å². The Bertz CT molecular complexity index is 1140. The van der Waals surface area contributed by atoms with Gasteiger partial charge in [0.05, 0.1) is 6.61 Å². The Kier molecular flexibility index (Phi) is 7.82. The zero-order valence-electron chi connectivity index (χ0n) is 19.5. The predicted molar refractivity (Wildman–Crippen MR) is 134 cm³/mol. The topological polar surface area (TPSA) is 35.3 Å². The Morgan fingerprint density at radius 1 is 0.750 bits per heavy atom. The summed E-state index contributed by atoms with van der Waals surface area (Å²) in [6, 6.07) is 19.1. The van der Waals surface area contributed by atoms with Crippen molar-refractivity contribution in [3.05, 3.63) is 60.2 Å². The molecule has 1 heterocycles. The number of aromatic nitrogens is 1. The van der Waals surface area contributed by atoms with Crippen LogP contribution in [-0.2, 0) is 6.42 Å². The third-order valence-corrected chi connectivity index (χ3v) is 6.10. The van der Waals surface area contributed by atoms with E-state index in [1.807, 2.05) is 0 Å². The molecule has 32 heavy (non-hydrogen) atoms. The lowest BCUT2D eigenvalue weighted by Crippen LogP contribution is -1.97. The quantitative estimate of drug-likeness (QED) is 0.211. The van der Waals surface area contributed by atoms with Gasteiger partial charge in [-0.3, -0.25) is 0 Å². The third kappa shape index (κ3) is 5.70. The molecule has 0 saturated heterocycles. The Labute approximate surface area is 191 Å². The average Bonchev–Trinajstić information content (AvgIpc) is 3.25. The number of hydrogen-bond acceptors (Lipinski definition) is 3. The summed E-state index contributed by atoms with van der Waals surface area (Å²) >= 11 is 0. The van der Waals surface area contributed by atoms with Crippen LogP contribution < -0.4 is 4.74 Å². The molecule has 0 bridgehead atoms. The molecule has 0 aliphatic carbocycles. The summed E-state index contributed by atoms with van der Waals surface area (Å²) in [6.07, 6.45) is 11.1. The molecule has 0 N–H and O–H groups in total. The van der Waals surface area contributed by atoms with Gasteiger partial charge in [-0.15, -0.1) is 0 Å². The lowest BCUT2D eigenvalue weighted by molar-refractivity contribution is 0.305. The van der Waals surface area contributed by atoms with E-state index in [0.717, 1.165) is 41.9 Å². The Morgan fingerprint density at radius 3 is 2.38 bits per heavy atom. The predicted octanol–water partition coefficient (Wildman–Crippen LogP) is 8.73. The van der Waals surface area contributed by atoms with Crippen molar-refractivity contribution in [3.8, 4) is 17.2 Å². The fourth-order valence-electron chi connectivity index (χ4n) is 4.17. The highest BCUT2D eigenvalue weighted by atomic mass is 16.5. The maximum absolute atomic E-state index is 6.07. The van der Waals surface area contributed by atoms with Gasteiger partial charge in [0.15, 0.2) is 5.58 Å². The van der Waals surface area contributed by atoms with Crippen LogP contribution in [0.25, 0.3) is 33.3 Å². The maximum Gasteiger partial charge on any atom is 0.227 e. The largest absolute Gasteiger partial charge is 0.494 e. The number of unbranched alkanes of at least 4 members (excludes halogenated alkanes) is 6. The minimum absolute atomic E-state index is 0.682. The van der Waals surface area contributed by atoms with Crippen LogP contribution in [0.1, 0.15) is 70.8 Å². The van der Waals surface area contributed by atoms with E-state index in [2.05, 4.69) is 68.4 Å². The van der Waals surface area contributed by atoms with Crippen molar-refractivity contribution in [2.45, 2.75) is 71.6 Å². The van der Waals surface area contributed by atoms with E-state index >= 15 is 0 Å². The van der Waals surface area contributed by atoms with Gasteiger partial charge in [0, 0.05) is 5.56 Å². The maximum atomic E-state index is 6.07. The number of oxazole rings is 1. The molecule has 1 aromatic heterocycles. The first-order valence-electron chi connectivity index (χ1n) is 12.3. The first kappa shape index (κ1) is 22.4. The van der Waals surface area contributed by atoms with Crippen molar-refractivity contribution in [1.82, 2.24) is 4.98 Å². The molecule has 0 radical (unpaired) electrons. The highest BCUT2D eigenvalue weighted by Crippen LogP contribution is 2.29. The molecular weight excluding hydrogens is 394 g/mol. The minimum Gasteiger partial charge on any atom is -0.494 e. The molecule has 3 heteroatoms. The molecule has 3 aromatic carbocycles. The van der Waals surface area contributed by atoms with Crippen molar-refractivity contribution in [2.75, 3.05) is 6.61 Å². The standard InChI is InChI=1S/C29H35NO2/c1-3-5-7-9-11-22-12-17-28-27(19-22)30-29(32-28)25-14-13-24-21-26(16-15-23(24)20-25)31-18-10-8-6-4-2/h12-17,19-21H,3-11,18H2,1-2H3. The molecule has 0 saturated carbocycles. The van der Waals surface area contributed by atoms with Crippen molar-refractivity contribution in [2.24, 2.45) is 0 Å². The second kappa shape index (κ2) is 11.2. The van der Waals surface area contributed by atoms with Crippen LogP contribution in [0.4, 0.5) is 0 Å². The first-order chi connectivity index (χ1) is 15.8. The van der Waals surface area contributed by atoms with E-state index in [-0.39, 0.29) is 0 Å². The summed E-state index contributed by atoms with van der Waals surface area (Å²) < 4.78 is 12.0. The minimum atomic E-state index is 0.682. The lowest BCUT2D eigenvalue weighted by Gasteiger charge is -2.08. The van der Waals surface area contributed by atoms with Gasteiger partial charge in [-0.25, -0.2) is 4.98 Å². The molecule has 0 spiro atoms. The van der Waals surface area contributed by atoms with Gasteiger partial charge in [-0.1, -0.05) is 70.6 Å². The van der Waals surface area contributed by atoms with E-state index < -0.39 is 0 Å². The van der Waals surface area contributed by atoms with Crippen LogP contribution in [0.5, 0.6) is 5.75 Å². The molecule has 0 aliphatic rings. The Hall–Kier alpha value is -2.81. The molecule has 4 rings (SSSR count). The van der Waals surface area contributed by atoms with Crippen molar-refractivity contribution in [1.29, 1.82) is 0 Å². The first-order valence-corrected chi connectivity index (χ1v) is 12.3. The van der Waals surface area contributed by atoms with E-state index in [9.17, 15) is 0 Å². The molecule has 3 nitrogen and oxygen atoms in total. The Morgan fingerprint density at radius 2 is 1.53 bits per heavy atom. The highest BCUT2D eigenvalue weighted by Gasteiger charge is 2.10. The van der Waals surface area contributed by atoms with Crippen molar-refractivity contribution >= 4 is 21.9 Å². The number of nitrogens with zero attached hydrogens (tertiary/aromatic N) is 1. The number of fused-ring (bicyclic) bond motifs is 2. The van der Waals surface area contributed by atoms with Gasteiger partial charge in [0.1, 0.15) is 11.3 Å². The van der Waals surface area contributed by atoms with Crippen LogP contribution in [0.15, 0.2) is 59.0 Å². The van der Waals surface area contributed by atoms with Crippen LogP contribution >= 0.6 is 0 Å². The van der Waals surface area contributed by atoms with Crippen LogP contribution in [0.3, 0.4) is 0 Å². The van der Waals surface area contributed by atoms with Crippen LogP contribution in [-0.4, -0.2) is 11.6 Å². The molecule has 0 amide bonds. The smallest absolute Gasteiger partial charge is 0.227 e. The van der Waals surface area contributed by atoms with E-state index in [4.69, 9.17) is 14.1 Å². The molecule has 168 valence electrons. The second-order valence-corrected chi connectivity index (χ2v) is 8.76. The summed E-state index contributed by atoms with van der Waals surface area (Å²) in [5, 5.41) is 2.34. The Balaban J connectivity index is 1.45. The van der Waals surface area contributed by atoms with Crippen molar-refractivity contribution in [3.63, 3.8) is 0 Å². The molecule has 0 aliphatic heterocycles. The van der Waals surface area contributed by atoms with Gasteiger partial charge in [-0.05, 0) is 72.0 Å². The zero-order chi connectivity index (χ0) is 22.2. The van der Waals surface area contributed by atoms with Gasteiger partial charge >= 0.3 is 0 Å². The number of hydrogen-bond donors (Lipinski definition) is 0. The molecule has 0 unspecified atom stereocenters. The third-order valence-electron chi connectivity index (χ3n) is 6.10. The van der Waals surface area contributed by atoms with E-state index in [1.165, 1.54) is 61.3 Å². The van der Waals surface area contributed by atoms with Crippen molar-refractivity contribution < 1.29 is 9.15 Å². The van der Waals surface area contributed by atoms with Gasteiger partial charge in [0.2, 0.25) is 5.89 Å². The molecule has 0 atom stereocenters. The fourth-order valence-corrected chi connectivity index (χ4v) is 4.17. The summed E-state index contributed by atoms with van der Waals surface area (Å²) in [5.74, 6) is 1.62. The van der Waals surface area contributed by atoms with Gasteiger partial charge in [-0.2, -0.15) is 0 Å². The van der Waals surface area contributed by atoms with E-state index in [1.54, 1.807) is 0 Å². The second-order valence-electron chi connectivity index (χ2n) is 8.76. The van der Waals surface area contributed by atoms with E-state index in [0.29, 0.717) is 5.89 Å². The normalized spacial score (nSPS) is 11.4. The molecular formula is C29H35NO2. The SMILES string of the molecule is CCCCCCOc1ccc2cc(-c3nc4cc(CCCCCC)ccc4o3)ccc2c1. The highest BCUT2D eigenvalue weighted by molar-refractivity contribution is 5.88. The zero-order valence-corrected chi connectivity index (χ0v) is 19.5. The number of ether oxygens (including phenoxy) is 1. The fraction of sp³-hybridized carbons (Fsp3) is 0.414. The number of benzene rings is 3.